The van der Waals surface area contributed by atoms with Crippen LogP contribution in [0.5, 0.6) is 0 Å². The SMILES string of the molecule is C[C-](C)C.[C-]1=CC=CC1.[CH2-]C.[CH3-].[Ti+4]. The van der Waals surface area contributed by atoms with E-state index in [0.29, 0.717) is 0 Å². The molecule has 0 spiro atoms. The van der Waals surface area contributed by atoms with Crippen molar-refractivity contribution in [3.63, 3.8) is 0 Å². The van der Waals surface area contributed by atoms with Crippen LogP contribution in [-0.2, 0) is 21.7 Å². The summed E-state index contributed by atoms with van der Waals surface area (Å²) in [6, 6.07) is 0. The third kappa shape index (κ3) is 47.0. The van der Waals surface area contributed by atoms with Gasteiger partial charge in [0.05, 0.1) is 0 Å². The third-order valence-corrected chi connectivity index (χ3v) is 0.586. The van der Waals surface area contributed by atoms with Crippen molar-refractivity contribution in [2.24, 2.45) is 0 Å². The molecule has 0 aromatic heterocycles. The molecule has 0 aliphatic heterocycles. The van der Waals surface area contributed by atoms with Crippen molar-refractivity contribution in [1.82, 2.24) is 0 Å². The molecule has 0 fully saturated rings. The van der Waals surface area contributed by atoms with E-state index in [2.05, 4.69) is 39.8 Å². The van der Waals surface area contributed by atoms with Crippen LogP contribution in [0.3, 0.4) is 0 Å². The molecule has 0 amide bonds. The minimum Gasteiger partial charge on any atom is -0.358 e. The molecule has 0 N–H and O–H groups in total. The molecule has 0 aromatic carbocycles. The summed E-state index contributed by atoms with van der Waals surface area (Å²) in [5.74, 6) is 1.42. The Kier molecular flexibility index (Phi) is 40.6. The van der Waals surface area contributed by atoms with Crippen molar-refractivity contribution in [1.29, 1.82) is 0 Å². The van der Waals surface area contributed by atoms with Crippen molar-refractivity contribution in [2.45, 2.75) is 34.1 Å². The zero-order chi connectivity index (χ0) is 9.11. The van der Waals surface area contributed by atoms with Crippen molar-refractivity contribution < 1.29 is 21.7 Å². The van der Waals surface area contributed by atoms with Crippen LogP contribution in [0.25, 0.3) is 0 Å². The predicted molar refractivity (Wildman–Crippen MR) is 59.3 cm³/mol. The van der Waals surface area contributed by atoms with Gasteiger partial charge in [-0.1, -0.05) is 0 Å². The molecule has 0 bridgehead atoms. The zero-order valence-electron chi connectivity index (χ0n) is 9.65. The van der Waals surface area contributed by atoms with Gasteiger partial charge in [-0.15, -0.1) is 6.42 Å². The van der Waals surface area contributed by atoms with Crippen LogP contribution in [0, 0.1) is 26.3 Å². The van der Waals surface area contributed by atoms with E-state index in [1.165, 1.54) is 5.92 Å². The average Bonchev–Trinajstić information content (AvgIpc) is 2.44. The first-order chi connectivity index (χ1) is 5.23. The van der Waals surface area contributed by atoms with Crippen LogP contribution in [0.4, 0.5) is 0 Å². The Morgan fingerprint density at radius 2 is 1.62 bits per heavy atom. The van der Waals surface area contributed by atoms with Gasteiger partial charge in [0.25, 0.3) is 0 Å². The summed E-state index contributed by atoms with van der Waals surface area (Å²) in [4.78, 5) is 0. The van der Waals surface area contributed by atoms with Crippen LogP contribution in [-0.4, -0.2) is 0 Å². The Labute approximate surface area is 100 Å². The van der Waals surface area contributed by atoms with Gasteiger partial charge in [-0.3, -0.25) is 6.08 Å². The second-order valence-corrected chi connectivity index (χ2v) is 2.50. The largest absolute Gasteiger partial charge is 4.00 e. The fourth-order valence-corrected chi connectivity index (χ4v) is 0.340. The maximum Gasteiger partial charge on any atom is 4.00 e. The van der Waals surface area contributed by atoms with Gasteiger partial charge in [-0.05, 0) is 0 Å². The maximum absolute atomic E-state index is 3.25. The second-order valence-electron chi connectivity index (χ2n) is 2.50. The monoisotopic (exact) mass is 214 g/mol. The Morgan fingerprint density at radius 3 is 1.69 bits per heavy atom. The molecular weight excluding hydrogens is 192 g/mol. The van der Waals surface area contributed by atoms with Crippen molar-refractivity contribution in [3.8, 4) is 0 Å². The normalized spacial score (nSPS) is 10.0. The smallest absolute Gasteiger partial charge is 0.358 e. The van der Waals surface area contributed by atoms with E-state index in [0.717, 1.165) is 6.42 Å². The quantitative estimate of drug-likeness (QED) is 0.418. The van der Waals surface area contributed by atoms with Gasteiger partial charge in [0.15, 0.2) is 0 Å². The first kappa shape index (κ1) is 23.2. The van der Waals surface area contributed by atoms with E-state index in [4.69, 9.17) is 0 Å². The molecule has 0 aromatic rings. The van der Waals surface area contributed by atoms with Gasteiger partial charge >= 0.3 is 21.7 Å². The third-order valence-electron chi connectivity index (χ3n) is 0.586. The molecule has 1 aliphatic rings. The van der Waals surface area contributed by atoms with Crippen molar-refractivity contribution in [3.05, 3.63) is 44.6 Å². The summed E-state index contributed by atoms with van der Waals surface area (Å²) in [6.07, 6.45) is 10.0. The average molecular weight is 214 g/mol. The Bertz CT molecular complexity index is 88.9. The van der Waals surface area contributed by atoms with E-state index >= 15 is 0 Å². The first-order valence-corrected chi connectivity index (χ1v) is 3.92. The van der Waals surface area contributed by atoms with Gasteiger partial charge in [0.2, 0.25) is 0 Å². The minimum atomic E-state index is 0. The molecule has 0 saturated heterocycles. The van der Waals surface area contributed by atoms with E-state index in [9.17, 15) is 0 Å². The van der Waals surface area contributed by atoms with Crippen LogP contribution >= 0.6 is 0 Å². The number of allylic oxidation sites excluding steroid dienone is 4. The summed E-state index contributed by atoms with van der Waals surface area (Å²) in [7, 11) is 0. The molecule has 1 heteroatoms. The summed E-state index contributed by atoms with van der Waals surface area (Å²) in [5.41, 5.74) is 0. The van der Waals surface area contributed by atoms with E-state index < -0.39 is 0 Å². The minimum absolute atomic E-state index is 0. The molecule has 13 heavy (non-hydrogen) atoms. The van der Waals surface area contributed by atoms with E-state index in [1.807, 2.05) is 12.2 Å². The molecule has 1 rings (SSSR count). The number of rotatable bonds is 0. The fourth-order valence-electron chi connectivity index (χ4n) is 0.340. The first-order valence-electron chi connectivity index (χ1n) is 3.92. The molecule has 0 heterocycles. The topological polar surface area (TPSA) is 0 Å². The number of hydrogen-bond donors (Lipinski definition) is 0. The summed E-state index contributed by atoms with van der Waals surface area (Å²) < 4.78 is 0. The van der Waals surface area contributed by atoms with Gasteiger partial charge < -0.3 is 20.3 Å². The molecule has 0 radical (unpaired) electrons. The maximum atomic E-state index is 3.25. The molecular formula is C12H22Ti. The van der Waals surface area contributed by atoms with Gasteiger partial charge in [-0.25, -0.2) is 12.2 Å². The molecule has 0 atom stereocenters. The molecule has 1 aliphatic carbocycles. The zero-order valence-corrected chi connectivity index (χ0v) is 11.2. The van der Waals surface area contributed by atoms with Crippen LogP contribution in [0.2, 0.25) is 0 Å². The summed E-state index contributed by atoms with van der Waals surface area (Å²) in [6.45, 7) is 11.2. The standard InChI is InChI=1S/C5H5.C4H9.C2H5.CH3.Ti/c1-2-4-5-3-1;1-4(2)3;1-2;;/h1-3H,4H2;1-3H3;1H2,2H3;1H3;/q4*-1;+4. The van der Waals surface area contributed by atoms with Crippen LogP contribution < -0.4 is 0 Å². The van der Waals surface area contributed by atoms with Gasteiger partial charge in [-0.2, -0.15) is 33.8 Å². The Morgan fingerprint density at radius 1 is 1.23 bits per heavy atom. The summed E-state index contributed by atoms with van der Waals surface area (Å²) >= 11 is 0. The number of hydrogen-bond acceptors (Lipinski definition) is 0. The van der Waals surface area contributed by atoms with Crippen molar-refractivity contribution >= 4 is 0 Å². The second kappa shape index (κ2) is 22.8. The fraction of sp³-hybridized carbons (Fsp3) is 0.417. The van der Waals surface area contributed by atoms with Gasteiger partial charge in [0.1, 0.15) is 0 Å². The van der Waals surface area contributed by atoms with Crippen molar-refractivity contribution in [2.75, 3.05) is 0 Å². The molecule has 0 saturated carbocycles. The van der Waals surface area contributed by atoms with E-state index in [-0.39, 0.29) is 29.1 Å². The Hall–Kier alpha value is 0.194. The molecule has 0 nitrogen and oxygen atoms in total. The predicted octanol–water partition coefficient (Wildman–Crippen LogP) is 4.21. The summed E-state index contributed by atoms with van der Waals surface area (Å²) in [5, 5.41) is 0. The van der Waals surface area contributed by atoms with Crippen LogP contribution in [0.15, 0.2) is 18.2 Å². The molecule has 74 valence electrons. The van der Waals surface area contributed by atoms with Crippen LogP contribution in [0.1, 0.15) is 34.1 Å². The molecule has 0 unspecified atom stereocenters. The van der Waals surface area contributed by atoms with E-state index in [1.54, 1.807) is 6.92 Å². The Balaban J connectivity index is -0.0000000472. The van der Waals surface area contributed by atoms with Gasteiger partial charge in [0, 0.05) is 0 Å².